The van der Waals surface area contributed by atoms with Crippen LogP contribution in [0.2, 0.25) is 5.02 Å². The molecule has 0 radical (unpaired) electrons. The highest BCUT2D eigenvalue weighted by atomic mass is 35.5. The van der Waals surface area contributed by atoms with E-state index in [2.05, 4.69) is 23.8 Å². The van der Waals surface area contributed by atoms with E-state index in [0.717, 1.165) is 23.3 Å². The Morgan fingerprint density at radius 1 is 1.44 bits per heavy atom. The Morgan fingerprint density at radius 2 is 2.19 bits per heavy atom. The maximum Gasteiger partial charge on any atom is 0.124 e. The third-order valence-electron chi connectivity index (χ3n) is 2.56. The van der Waals surface area contributed by atoms with Crippen LogP contribution in [0.15, 0.2) is 18.2 Å². The SMILES string of the molecule is CC(C)C[C@@H](N)c1nc2c(Cl)cccc2[nH]1. The Hall–Kier alpha value is -1.06. The first-order valence-electron chi connectivity index (χ1n) is 5.47. The van der Waals surface area contributed by atoms with E-state index in [0.29, 0.717) is 10.9 Å². The van der Waals surface area contributed by atoms with Crippen molar-refractivity contribution in [3.63, 3.8) is 0 Å². The fourth-order valence-corrected chi connectivity index (χ4v) is 2.03. The number of benzene rings is 1. The first-order valence-corrected chi connectivity index (χ1v) is 5.85. The Morgan fingerprint density at radius 3 is 2.81 bits per heavy atom. The number of nitrogens with zero attached hydrogens (tertiary/aromatic N) is 1. The van der Waals surface area contributed by atoms with Crippen molar-refractivity contribution in [2.24, 2.45) is 11.7 Å². The van der Waals surface area contributed by atoms with Gasteiger partial charge in [-0.1, -0.05) is 31.5 Å². The lowest BCUT2D eigenvalue weighted by atomic mass is 10.0. The minimum Gasteiger partial charge on any atom is -0.341 e. The van der Waals surface area contributed by atoms with Crippen molar-refractivity contribution in [2.45, 2.75) is 26.3 Å². The smallest absolute Gasteiger partial charge is 0.124 e. The zero-order valence-electron chi connectivity index (χ0n) is 9.50. The molecular formula is C12H16ClN3. The van der Waals surface area contributed by atoms with Crippen molar-refractivity contribution < 1.29 is 0 Å². The molecule has 4 heteroatoms. The molecule has 0 saturated heterocycles. The highest BCUT2D eigenvalue weighted by Crippen LogP contribution is 2.24. The predicted octanol–water partition coefficient (Wildman–Crippen LogP) is 3.26. The van der Waals surface area contributed by atoms with Gasteiger partial charge in [0.1, 0.15) is 11.3 Å². The second-order valence-corrected chi connectivity index (χ2v) is 4.90. The van der Waals surface area contributed by atoms with E-state index in [1.54, 1.807) is 0 Å². The molecule has 1 heterocycles. The van der Waals surface area contributed by atoms with Crippen LogP contribution in [0.25, 0.3) is 11.0 Å². The largest absolute Gasteiger partial charge is 0.341 e. The van der Waals surface area contributed by atoms with Crippen molar-refractivity contribution in [1.29, 1.82) is 0 Å². The summed E-state index contributed by atoms with van der Waals surface area (Å²) in [5, 5.41) is 0.664. The van der Waals surface area contributed by atoms with E-state index in [1.165, 1.54) is 0 Å². The van der Waals surface area contributed by atoms with Crippen LogP contribution in [0.1, 0.15) is 32.1 Å². The molecule has 86 valence electrons. The van der Waals surface area contributed by atoms with Crippen LogP contribution in [0, 0.1) is 5.92 Å². The molecule has 1 atom stereocenters. The minimum absolute atomic E-state index is 0.0523. The molecule has 0 amide bonds. The van der Waals surface area contributed by atoms with Crippen molar-refractivity contribution >= 4 is 22.6 Å². The number of aromatic amines is 1. The number of fused-ring (bicyclic) bond motifs is 1. The predicted molar refractivity (Wildman–Crippen MR) is 67.5 cm³/mol. The number of rotatable bonds is 3. The molecule has 0 aliphatic heterocycles. The first-order chi connectivity index (χ1) is 7.58. The lowest BCUT2D eigenvalue weighted by molar-refractivity contribution is 0.496. The van der Waals surface area contributed by atoms with Crippen molar-refractivity contribution in [1.82, 2.24) is 9.97 Å². The first kappa shape index (κ1) is 11.4. The van der Waals surface area contributed by atoms with Gasteiger partial charge in [0, 0.05) is 0 Å². The molecule has 16 heavy (non-hydrogen) atoms. The normalized spacial score (nSPS) is 13.6. The average molecular weight is 238 g/mol. The quantitative estimate of drug-likeness (QED) is 0.861. The molecule has 0 saturated carbocycles. The van der Waals surface area contributed by atoms with Gasteiger partial charge in [-0.25, -0.2) is 4.98 Å². The van der Waals surface area contributed by atoms with Crippen LogP contribution < -0.4 is 5.73 Å². The van der Waals surface area contributed by atoms with Crippen molar-refractivity contribution in [3.05, 3.63) is 29.0 Å². The number of H-pyrrole nitrogens is 1. The van der Waals surface area contributed by atoms with Crippen molar-refractivity contribution in [2.75, 3.05) is 0 Å². The molecule has 1 aromatic heterocycles. The third kappa shape index (κ3) is 2.20. The second kappa shape index (κ2) is 4.44. The standard InChI is InChI=1S/C12H16ClN3/c1-7(2)6-9(14)12-15-10-5-3-4-8(13)11(10)16-12/h3-5,7,9H,6,14H2,1-2H3,(H,15,16)/t9-/m1/s1. The lowest BCUT2D eigenvalue weighted by Crippen LogP contribution is -2.14. The summed E-state index contributed by atoms with van der Waals surface area (Å²) in [5.41, 5.74) is 7.82. The zero-order chi connectivity index (χ0) is 11.7. The van der Waals surface area contributed by atoms with E-state index in [4.69, 9.17) is 17.3 Å². The number of nitrogens with two attached hydrogens (primary N) is 1. The van der Waals surface area contributed by atoms with Gasteiger partial charge in [-0.05, 0) is 24.5 Å². The number of halogens is 1. The summed E-state index contributed by atoms with van der Waals surface area (Å²) >= 11 is 6.06. The number of aromatic nitrogens is 2. The monoisotopic (exact) mass is 237 g/mol. The van der Waals surface area contributed by atoms with Crippen LogP contribution in [0.3, 0.4) is 0 Å². The van der Waals surface area contributed by atoms with E-state index < -0.39 is 0 Å². The fourth-order valence-electron chi connectivity index (χ4n) is 1.81. The number of imidazole rings is 1. The Balaban J connectivity index is 2.36. The summed E-state index contributed by atoms with van der Waals surface area (Å²) in [7, 11) is 0. The Bertz CT molecular complexity index is 490. The van der Waals surface area contributed by atoms with Gasteiger partial charge in [-0.15, -0.1) is 0 Å². The van der Waals surface area contributed by atoms with Crippen molar-refractivity contribution in [3.8, 4) is 0 Å². The van der Waals surface area contributed by atoms with Gasteiger partial charge in [0.2, 0.25) is 0 Å². The van der Waals surface area contributed by atoms with Crippen LogP contribution in [-0.2, 0) is 0 Å². The number of hydrogen-bond donors (Lipinski definition) is 2. The van der Waals surface area contributed by atoms with Gasteiger partial charge in [-0.3, -0.25) is 0 Å². The Labute approximate surface area is 100 Å². The molecule has 2 aromatic rings. The molecule has 2 rings (SSSR count). The van der Waals surface area contributed by atoms with Gasteiger partial charge in [0.05, 0.1) is 16.6 Å². The van der Waals surface area contributed by atoms with E-state index in [-0.39, 0.29) is 6.04 Å². The molecule has 0 fully saturated rings. The molecular weight excluding hydrogens is 222 g/mol. The molecule has 0 unspecified atom stereocenters. The molecule has 3 N–H and O–H groups in total. The molecule has 0 bridgehead atoms. The van der Waals surface area contributed by atoms with E-state index in [9.17, 15) is 0 Å². The highest BCUT2D eigenvalue weighted by molar-refractivity contribution is 6.34. The fraction of sp³-hybridized carbons (Fsp3) is 0.417. The summed E-state index contributed by atoms with van der Waals surface area (Å²) in [6, 6.07) is 5.64. The maximum absolute atomic E-state index is 6.07. The maximum atomic E-state index is 6.07. The summed E-state index contributed by atoms with van der Waals surface area (Å²) in [6.07, 6.45) is 0.914. The number of nitrogens with one attached hydrogen (secondary N) is 1. The van der Waals surface area contributed by atoms with E-state index in [1.807, 2.05) is 18.2 Å². The summed E-state index contributed by atoms with van der Waals surface area (Å²) in [4.78, 5) is 7.67. The third-order valence-corrected chi connectivity index (χ3v) is 2.86. The number of hydrogen-bond acceptors (Lipinski definition) is 2. The molecule has 0 aliphatic carbocycles. The second-order valence-electron chi connectivity index (χ2n) is 4.49. The molecule has 1 aromatic carbocycles. The van der Waals surface area contributed by atoms with Gasteiger partial charge >= 0.3 is 0 Å². The molecule has 0 spiro atoms. The van der Waals surface area contributed by atoms with Gasteiger partial charge in [-0.2, -0.15) is 0 Å². The summed E-state index contributed by atoms with van der Waals surface area (Å²) < 4.78 is 0. The Kier molecular flexibility index (Phi) is 3.17. The minimum atomic E-state index is -0.0523. The van der Waals surface area contributed by atoms with Crippen LogP contribution in [-0.4, -0.2) is 9.97 Å². The topological polar surface area (TPSA) is 54.7 Å². The lowest BCUT2D eigenvalue weighted by Gasteiger charge is -2.10. The van der Waals surface area contributed by atoms with Crippen LogP contribution >= 0.6 is 11.6 Å². The van der Waals surface area contributed by atoms with Gasteiger partial charge in [0.15, 0.2) is 0 Å². The van der Waals surface area contributed by atoms with Crippen LogP contribution in [0.4, 0.5) is 0 Å². The van der Waals surface area contributed by atoms with Gasteiger partial charge < -0.3 is 10.7 Å². The number of para-hydroxylation sites is 1. The zero-order valence-corrected chi connectivity index (χ0v) is 10.3. The highest BCUT2D eigenvalue weighted by Gasteiger charge is 2.13. The summed E-state index contributed by atoms with van der Waals surface area (Å²) in [6.45, 7) is 4.30. The average Bonchev–Trinajstić information content (AvgIpc) is 2.61. The van der Waals surface area contributed by atoms with E-state index >= 15 is 0 Å². The van der Waals surface area contributed by atoms with Crippen LogP contribution in [0.5, 0.6) is 0 Å². The molecule has 3 nitrogen and oxygen atoms in total. The summed E-state index contributed by atoms with van der Waals surface area (Å²) in [5.74, 6) is 1.37. The molecule has 0 aliphatic rings. The van der Waals surface area contributed by atoms with Gasteiger partial charge in [0.25, 0.3) is 0 Å².